The van der Waals surface area contributed by atoms with E-state index in [1.807, 2.05) is 6.08 Å². The molecule has 0 unspecified atom stereocenters. The second-order valence-electron chi connectivity index (χ2n) is 1.75. The van der Waals surface area contributed by atoms with E-state index in [2.05, 4.69) is 6.08 Å². The van der Waals surface area contributed by atoms with Crippen LogP contribution in [0.1, 0.15) is 19.3 Å². The maximum atomic E-state index is 10.4. The van der Waals surface area contributed by atoms with Gasteiger partial charge < -0.3 is 0 Å². The van der Waals surface area contributed by atoms with Crippen molar-refractivity contribution in [1.29, 1.82) is 0 Å². The van der Waals surface area contributed by atoms with Crippen LogP contribution in [0.3, 0.4) is 0 Å². The van der Waals surface area contributed by atoms with Gasteiger partial charge in [-0.15, -0.1) is 0 Å². The first kappa shape index (κ1) is 8.67. The Labute approximate surface area is 79.1 Å². The van der Waals surface area contributed by atoms with Crippen LogP contribution in [0.25, 0.3) is 0 Å². The fourth-order valence-electron chi connectivity index (χ4n) is 0.679. The first-order valence-electron chi connectivity index (χ1n) is 2.56. The molecule has 0 N–H and O–H groups in total. The number of ketones is 1. The third kappa shape index (κ3) is 2.85. The number of allylic oxidation sites excluding steroid dienone is 2. The molecule has 0 saturated carbocycles. The van der Waals surface area contributed by atoms with Crippen LogP contribution in [0, 0.1) is 0 Å². The zero-order valence-electron chi connectivity index (χ0n) is 4.18. The quantitative estimate of drug-likeness (QED) is 0.349. The molecule has 0 aliphatic heterocycles. The summed E-state index contributed by atoms with van der Waals surface area (Å²) >= 11 is 0. The molecule has 0 fully saturated rings. The molecule has 0 amide bonds. The minimum atomic E-state index is 0. The molecule has 1 aliphatic carbocycles. The Kier molecular flexibility index (Phi) is 4.92. The summed E-state index contributed by atoms with van der Waals surface area (Å²) in [5.41, 5.74) is 0. The fourth-order valence-corrected chi connectivity index (χ4v) is 0.679. The Morgan fingerprint density at radius 1 is 1.38 bits per heavy atom. The molecular formula is C6H10CaO. The molecular weight excluding hydrogens is 128 g/mol. The number of hydrogen-bond donors (Lipinski definition) is 0. The summed E-state index contributed by atoms with van der Waals surface area (Å²) in [6.07, 6.45) is 6.38. The van der Waals surface area contributed by atoms with Gasteiger partial charge in [-0.3, -0.25) is 4.79 Å². The van der Waals surface area contributed by atoms with E-state index in [0.717, 1.165) is 12.8 Å². The van der Waals surface area contributed by atoms with Crippen molar-refractivity contribution in [3.05, 3.63) is 12.2 Å². The van der Waals surface area contributed by atoms with Gasteiger partial charge in [0.05, 0.1) is 0 Å². The van der Waals surface area contributed by atoms with E-state index in [1.54, 1.807) is 0 Å². The van der Waals surface area contributed by atoms with Crippen molar-refractivity contribution in [3.63, 3.8) is 0 Å². The molecule has 42 valence electrons. The molecule has 1 aliphatic rings. The van der Waals surface area contributed by atoms with E-state index in [-0.39, 0.29) is 37.7 Å². The average Bonchev–Trinajstić information content (AvgIpc) is 1.69. The number of Topliss-reactive ketones (excluding diaryl/α,β-unsaturated/α-hetero) is 1. The van der Waals surface area contributed by atoms with Gasteiger partial charge in [0.15, 0.2) is 0 Å². The van der Waals surface area contributed by atoms with E-state index in [0.29, 0.717) is 12.2 Å². The Balaban J connectivity index is 0.000000490. The molecule has 0 aromatic heterocycles. The molecule has 0 radical (unpaired) electrons. The van der Waals surface area contributed by atoms with Gasteiger partial charge in [0.1, 0.15) is 5.78 Å². The topological polar surface area (TPSA) is 17.1 Å². The number of rotatable bonds is 0. The van der Waals surface area contributed by atoms with Gasteiger partial charge in [-0.2, -0.15) is 0 Å². The van der Waals surface area contributed by atoms with Crippen LogP contribution in [0.2, 0.25) is 0 Å². The van der Waals surface area contributed by atoms with Crippen molar-refractivity contribution in [3.8, 4) is 0 Å². The average molecular weight is 138 g/mol. The van der Waals surface area contributed by atoms with E-state index in [9.17, 15) is 4.79 Å². The minimum absolute atomic E-state index is 0. The van der Waals surface area contributed by atoms with Gasteiger partial charge in [0.25, 0.3) is 0 Å². The molecule has 0 aromatic rings. The third-order valence-corrected chi connectivity index (χ3v) is 1.10. The van der Waals surface area contributed by atoms with Gasteiger partial charge in [0.2, 0.25) is 0 Å². The summed E-state index contributed by atoms with van der Waals surface area (Å²) in [5, 5.41) is 0. The Morgan fingerprint density at radius 2 is 2.12 bits per heavy atom. The number of carbonyl (C=O) groups excluding carboxylic acids is 1. The second-order valence-corrected chi connectivity index (χ2v) is 1.75. The van der Waals surface area contributed by atoms with Gasteiger partial charge in [-0.05, 0) is 6.42 Å². The van der Waals surface area contributed by atoms with E-state index in [4.69, 9.17) is 0 Å². The molecule has 1 nitrogen and oxygen atoms in total. The van der Waals surface area contributed by atoms with Crippen molar-refractivity contribution in [1.82, 2.24) is 0 Å². The predicted octanol–water partition coefficient (Wildman–Crippen LogP) is 0.379. The summed E-state index contributed by atoms with van der Waals surface area (Å²) in [6, 6.07) is 0. The first-order valence-corrected chi connectivity index (χ1v) is 2.56. The molecule has 8 heavy (non-hydrogen) atoms. The summed E-state index contributed by atoms with van der Waals surface area (Å²) < 4.78 is 0. The monoisotopic (exact) mass is 138 g/mol. The molecule has 1 rings (SSSR count). The summed E-state index contributed by atoms with van der Waals surface area (Å²) in [5.74, 6) is 0.377. The van der Waals surface area contributed by atoms with Crippen LogP contribution < -0.4 is 0 Å². The van der Waals surface area contributed by atoms with Gasteiger partial charge in [-0.1, -0.05) is 12.2 Å². The molecule has 2 heteroatoms. The molecule has 0 spiro atoms. The van der Waals surface area contributed by atoms with Crippen LogP contribution in [0.15, 0.2) is 12.2 Å². The van der Waals surface area contributed by atoms with E-state index >= 15 is 0 Å². The number of carbonyl (C=O) groups is 1. The SMILES string of the molecule is O=C1CC=CCC1.[CaH2]. The summed E-state index contributed by atoms with van der Waals surface area (Å²) in [6.45, 7) is 0. The standard InChI is InChI=1S/C6H8O.Ca.2H/c7-6-4-2-1-3-5-6;;;/h1-2H,3-5H2;;;. The summed E-state index contributed by atoms with van der Waals surface area (Å²) in [7, 11) is 0. The Bertz CT molecular complexity index is 107. The summed E-state index contributed by atoms with van der Waals surface area (Å²) in [4.78, 5) is 10.4. The zero-order valence-corrected chi connectivity index (χ0v) is 4.18. The van der Waals surface area contributed by atoms with Crippen LogP contribution in [-0.4, -0.2) is 43.5 Å². The third-order valence-electron chi connectivity index (χ3n) is 1.10. The molecule has 0 atom stereocenters. The van der Waals surface area contributed by atoms with Crippen LogP contribution in [0.5, 0.6) is 0 Å². The number of hydrogen-bond acceptors (Lipinski definition) is 1. The molecule has 0 heterocycles. The van der Waals surface area contributed by atoms with Gasteiger partial charge in [0, 0.05) is 12.8 Å². The van der Waals surface area contributed by atoms with Crippen molar-refractivity contribution in [2.45, 2.75) is 19.3 Å². The van der Waals surface area contributed by atoms with Crippen molar-refractivity contribution >= 4 is 43.5 Å². The van der Waals surface area contributed by atoms with Crippen LogP contribution in [-0.2, 0) is 4.79 Å². The van der Waals surface area contributed by atoms with Gasteiger partial charge >= 0.3 is 37.7 Å². The fraction of sp³-hybridized carbons (Fsp3) is 0.500. The van der Waals surface area contributed by atoms with Gasteiger partial charge in [-0.25, -0.2) is 0 Å². The van der Waals surface area contributed by atoms with Crippen molar-refractivity contribution in [2.24, 2.45) is 0 Å². The first-order chi connectivity index (χ1) is 3.39. The van der Waals surface area contributed by atoms with Crippen molar-refractivity contribution in [2.75, 3.05) is 0 Å². The van der Waals surface area contributed by atoms with E-state index in [1.165, 1.54) is 0 Å². The Morgan fingerprint density at radius 3 is 2.38 bits per heavy atom. The normalized spacial score (nSPS) is 17.8. The van der Waals surface area contributed by atoms with Crippen LogP contribution in [0.4, 0.5) is 0 Å². The maximum absolute atomic E-state index is 10.4. The predicted molar refractivity (Wildman–Crippen MR) is 36.5 cm³/mol. The molecule has 0 bridgehead atoms. The zero-order chi connectivity index (χ0) is 5.11. The van der Waals surface area contributed by atoms with Crippen molar-refractivity contribution < 1.29 is 4.79 Å². The molecule has 0 saturated heterocycles. The molecule has 0 aromatic carbocycles. The van der Waals surface area contributed by atoms with Crippen LogP contribution >= 0.6 is 0 Å². The van der Waals surface area contributed by atoms with E-state index < -0.39 is 0 Å². The second kappa shape index (κ2) is 4.54. The Hall–Kier alpha value is 0.670.